The average molecular weight is 1900 g/mol. The van der Waals surface area contributed by atoms with Crippen molar-refractivity contribution in [3.8, 4) is 44.5 Å². The minimum Gasteiger partial charge on any atom is -0.395 e. The number of nitrogens with zero attached hydrogens (tertiary/aromatic N) is 13. The molecule has 9 N–H and O–H groups in total. The lowest BCUT2D eigenvalue weighted by molar-refractivity contribution is -0.193. The molecule has 8 aromatic heterocycles. The van der Waals surface area contributed by atoms with Gasteiger partial charge >= 0.3 is 23.9 Å². The van der Waals surface area contributed by atoms with Crippen molar-refractivity contribution >= 4 is 183 Å². The number of aryl methyl sites for hydroxylation is 2. The minimum absolute atomic E-state index is 0. The molecule has 0 spiro atoms. The molecule has 122 heavy (non-hydrogen) atoms. The monoisotopic (exact) mass is 1890 g/mol. The largest absolute Gasteiger partial charge is 0.458 e. The number of benzene rings is 4. The number of piperazine rings is 1. The predicted octanol–water partition coefficient (Wildman–Crippen LogP) is 16.7. The van der Waals surface area contributed by atoms with Crippen LogP contribution in [0.15, 0.2) is 147 Å². The van der Waals surface area contributed by atoms with Crippen LogP contribution < -0.4 is 42.5 Å². The normalized spacial score (nSPS) is 13.1. The summed E-state index contributed by atoms with van der Waals surface area (Å²) < 4.78 is 91.1. The molecular weight excluding hydrogens is 1800 g/mol. The number of likely N-dealkylation sites (N-methyl/N-ethyl adjacent to an activating group) is 3. The second-order valence-corrected chi connectivity index (χ2v) is 30.2. The Hall–Kier alpha value is -8.19. The summed E-state index contributed by atoms with van der Waals surface area (Å²) in [6, 6.07) is 30.9. The Balaban J connectivity index is 0.000000240. The lowest BCUT2D eigenvalue weighted by atomic mass is 9.98. The third kappa shape index (κ3) is 24.7. The van der Waals surface area contributed by atoms with Gasteiger partial charge in [-0.25, -0.2) is 19.9 Å². The molecule has 0 radical (unpaired) electrons. The van der Waals surface area contributed by atoms with E-state index >= 15 is 0 Å². The molecule has 1 amide bonds. The number of hydrogen-bond acceptors (Lipinski definition) is 19. The van der Waals surface area contributed by atoms with E-state index in [1.165, 1.54) is 0 Å². The summed E-state index contributed by atoms with van der Waals surface area (Å²) in [7, 11) is 9.38. The molecule has 0 aliphatic carbocycles. The van der Waals surface area contributed by atoms with E-state index in [1.54, 1.807) is 38.6 Å². The van der Waals surface area contributed by atoms with Crippen LogP contribution in [0, 0.1) is 13.8 Å². The number of halogens is 16. The Bertz CT molecular complexity index is 5380. The van der Waals surface area contributed by atoms with Crippen molar-refractivity contribution in [1.29, 1.82) is 0 Å². The molecule has 24 nitrogen and oxygen atoms in total. The van der Waals surface area contributed by atoms with E-state index in [0.29, 0.717) is 85.7 Å². The van der Waals surface area contributed by atoms with Crippen LogP contribution >= 0.6 is 119 Å². The molecule has 4 aromatic carbocycles. The molecule has 2 saturated heterocycles. The van der Waals surface area contributed by atoms with Gasteiger partial charge in [0.15, 0.2) is 0 Å². The molecule has 2 aliphatic heterocycles. The van der Waals surface area contributed by atoms with Gasteiger partial charge in [0.1, 0.15) is 52.0 Å². The maximum Gasteiger partial charge on any atom is 0.458 e. The molecule has 660 valence electrons. The van der Waals surface area contributed by atoms with Crippen LogP contribution in [0.2, 0.25) is 30.1 Å². The fraction of sp³-hybridized carbons (Fsp3) is 0.329. The van der Waals surface area contributed by atoms with E-state index in [0.717, 1.165) is 173 Å². The molecule has 1 unspecified atom stereocenters. The van der Waals surface area contributed by atoms with Crippen LogP contribution in [-0.2, 0) is 54.8 Å². The Labute approximate surface area is 755 Å². The number of carbonyl (C=O) groups is 3. The first-order valence-corrected chi connectivity index (χ1v) is 39.4. The smallest absolute Gasteiger partial charge is 0.395 e. The van der Waals surface area contributed by atoms with E-state index in [-0.39, 0.29) is 68.2 Å². The van der Waals surface area contributed by atoms with Gasteiger partial charge in [-0.3, -0.25) is 32.0 Å². The Kier molecular flexibility index (Phi) is 38.8. The quantitative estimate of drug-likeness (QED) is 0.0311. The average Bonchev–Trinajstić information content (AvgIpc) is 1.70. The van der Waals surface area contributed by atoms with Crippen molar-refractivity contribution in [3.63, 3.8) is 0 Å². The fourth-order valence-corrected chi connectivity index (χ4v) is 15.0. The van der Waals surface area contributed by atoms with E-state index in [2.05, 4.69) is 79.3 Å². The van der Waals surface area contributed by atoms with Crippen LogP contribution in [0.4, 0.5) is 49.6 Å². The number of aliphatic hydroxyl groups is 1. The standard InChI is InChI=1S/C23H25Cl2N5O2.2C19H23ClN4O.C17H18Cl2N4O.C4F6O2.4ClH/c24-16-3-4-17(19(25)11-16)18-14-30-21(10-15(18)12-26)27-13-22(30)28-5-7-29(8-6-28)23(31)20-2-1-9-32-20;1-13-8-15(20)4-5-16(13)17-12-24-18(9-14(17)10-21)22-11-19(24)23(2)6-7-25-3;1-13-4-5-15(17(20)8-13)16-12-24-18(9-14(16)10-21)22-11-19(24)23(2)6-7-25-3;1-22(4-5-24)17-9-21-16-6-11(8-20)14(10-23(16)17)13-3-2-12(18)7-15(13)19;5-3(6,7)1(11)2(12)4(8,9)10;;;;/h3-4,10-11,13-14,20H,1-2,5-9,12,26H2;2*4-5,8-9,11-12H,6-7,10,21H2,1-3H3;2-3,6-7,9-10,24H,4-5,8,20H2,1H3;;4*1H. The summed E-state index contributed by atoms with van der Waals surface area (Å²) in [5.41, 5.74) is 41.5. The third-order valence-electron chi connectivity index (χ3n) is 19.8. The van der Waals surface area contributed by atoms with Crippen molar-refractivity contribution in [1.82, 2.24) is 42.4 Å². The summed E-state index contributed by atoms with van der Waals surface area (Å²) in [5.74, 6) is -2.81. The zero-order valence-corrected chi connectivity index (χ0v) is 74.9. The second-order valence-electron chi connectivity index (χ2n) is 27.7. The maximum absolute atomic E-state index is 12.7. The van der Waals surface area contributed by atoms with Crippen LogP contribution in [0.25, 0.3) is 67.1 Å². The lowest BCUT2D eigenvalue weighted by Gasteiger charge is -2.36. The number of ketones is 2. The molecule has 2 fully saturated rings. The highest BCUT2D eigenvalue weighted by atomic mass is 35.5. The van der Waals surface area contributed by atoms with Crippen LogP contribution in [0.1, 0.15) is 46.2 Å². The van der Waals surface area contributed by atoms with Gasteiger partial charge in [-0.05, 0) is 132 Å². The molecule has 0 bridgehead atoms. The number of alkyl halides is 6. The highest BCUT2D eigenvalue weighted by molar-refractivity contribution is 6.41. The molecule has 2 aliphatic rings. The van der Waals surface area contributed by atoms with Crippen LogP contribution in [-0.4, -0.2) is 191 Å². The topological polar surface area (TPSA) is 289 Å². The van der Waals surface area contributed by atoms with Gasteiger partial charge in [0, 0.05) is 208 Å². The number of rotatable bonds is 22. The highest BCUT2D eigenvalue weighted by Gasteiger charge is 2.54. The first-order valence-electron chi connectivity index (χ1n) is 37.1. The van der Waals surface area contributed by atoms with Crippen molar-refractivity contribution in [3.05, 3.63) is 210 Å². The van der Waals surface area contributed by atoms with Gasteiger partial charge in [-0.1, -0.05) is 99.9 Å². The molecule has 0 saturated carbocycles. The number of pyridine rings is 4. The maximum atomic E-state index is 12.7. The Morgan fingerprint density at radius 3 is 1.19 bits per heavy atom. The second kappa shape index (κ2) is 46.2. The SMILES string of the molecule is CN(CCO)c1cnc2cc(CN)c(-c3ccc(Cl)cc3Cl)cn12.COCCN(C)c1cnc2cc(CN)c(-c3ccc(C)cc3Cl)cn12.COCCN(C)c1cnc2cc(CN)c(-c3ccc(Cl)cc3C)cn12.Cl.Cl.Cl.Cl.NCc1cc2ncc(N3CCN(C(=O)C4CCCO4)CC3)n2cc1-c1ccc(Cl)cc1Cl.O=C(C(=O)C(F)(F)F)C(F)(F)F. The van der Waals surface area contributed by atoms with Crippen molar-refractivity contribution in [2.24, 2.45) is 22.9 Å². The molecule has 1 atom stereocenters. The summed E-state index contributed by atoms with van der Waals surface area (Å²) in [5, 5.41) is 13.0. The molecular formula is C82H93Cl10F6N17O7. The lowest BCUT2D eigenvalue weighted by Crippen LogP contribution is -2.51. The summed E-state index contributed by atoms with van der Waals surface area (Å²) in [6.07, 6.45) is 5.57. The molecule has 14 rings (SSSR count). The number of imidazole rings is 4. The van der Waals surface area contributed by atoms with E-state index in [4.69, 9.17) is 112 Å². The number of aliphatic hydroxyl groups excluding tert-OH is 1. The highest BCUT2D eigenvalue weighted by Crippen LogP contribution is 2.39. The van der Waals surface area contributed by atoms with Gasteiger partial charge in [0.2, 0.25) is 0 Å². The molecule has 10 heterocycles. The zero-order chi connectivity index (χ0) is 85.6. The number of ether oxygens (including phenoxy) is 3. The van der Waals surface area contributed by atoms with Crippen molar-refractivity contribution in [2.45, 2.75) is 71.3 Å². The first kappa shape index (κ1) is 103. The number of fused-ring (bicyclic) bond motifs is 4. The van der Waals surface area contributed by atoms with E-state index in [9.17, 15) is 40.7 Å². The zero-order valence-electron chi connectivity index (χ0n) is 67.1. The summed E-state index contributed by atoms with van der Waals surface area (Å²) in [4.78, 5) is 60.3. The number of aromatic nitrogens is 8. The number of methoxy groups -OCH3 is 2. The van der Waals surface area contributed by atoms with Gasteiger partial charge in [0.25, 0.3) is 5.91 Å². The Morgan fingerprint density at radius 2 is 0.836 bits per heavy atom. The predicted molar refractivity (Wildman–Crippen MR) is 483 cm³/mol. The van der Waals surface area contributed by atoms with Gasteiger partial charge in [-0.15, -0.1) is 49.6 Å². The van der Waals surface area contributed by atoms with E-state index < -0.39 is 23.9 Å². The van der Waals surface area contributed by atoms with Crippen LogP contribution in [0.3, 0.4) is 0 Å². The number of hydrogen-bond donors (Lipinski definition) is 5. The summed E-state index contributed by atoms with van der Waals surface area (Å²) >= 11 is 37.6. The van der Waals surface area contributed by atoms with Crippen molar-refractivity contribution in [2.75, 3.05) is 127 Å². The number of anilines is 4. The van der Waals surface area contributed by atoms with Gasteiger partial charge in [-0.2, -0.15) is 26.3 Å². The molecule has 12 aromatic rings. The van der Waals surface area contributed by atoms with Crippen LogP contribution in [0.5, 0.6) is 0 Å². The van der Waals surface area contributed by atoms with Gasteiger partial charge < -0.3 is 66.8 Å². The minimum atomic E-state index is -5.77. The number of carbonyl (C=O) groups excluding carboxylic acids is 3. The van der Waals surface area contributed by atoms with Gasteiger partial charge in [0.05, 0.1) is 44.6 Å². The third-order valence-corrected chi connectivity index (χ3v) is 21.4. The summed E-state index contributed by atoms with van der Waals surface area (Å²) in [6.45, 7) is 12.7. The Morgan fingerprint density at radius 1 is 0.484 bits per heavy atom. The molecule has 40 heteroatoms. The number of amides is 1. The number of Topliss-reactive ketones (excluding diaryl/α,β-unsaturated/α-hetero) is 2. The van der Waals surface area contributed by atoms with Crippen molar-refractivity contribution < 1.29 is 60.0 Å². The van der Waals surface area contributed by atoms with E-state index in [1.807, 2.05) is 140 Å². The first-order chi connectivity index (χ1) is 56.2. The fourth-order valence-electron chi connectivity index (χ4n) is 13.5. The number of nitrogens with two attached hydrogens (primary N) is 4.